The molecule has 1 nitrogen and oxygen atoms in total. The highest BCUT2D eigenvalue weighted by atomic mass is 35.5. The summed E-state index contributed by atoms with van der Waals surface area (Å²) >= 11 is 63.2. The van der Waals surface area contributed by atoms with Gasteiger partial charge in [-0.1, -0.05) is 58.0 Å². The summed E-state index contributed by atoms with van der Waals surface area (Å²) in [4.78, 5) is 0. The van der Waals surface area contributed by atoms with Crippen molar-refractivity contribution in [3.8, 4) is 5.75 Å². The molecule has 1 fully saturated rings. The van der Waals surface area contributed by atoms with Gasteiger partial charge in [-0.15, -0.1) is 69.6 Å². The van der Waals surface area contributed by atoms with Crippen LogP contribution < -0.4 is 0 Å². The molecule has 0 atom stereocenters. The largest absolute Gasteiger partial charge is 0.505 e. The molecule has 12 heteroatoms. The van der Waals surface area contributed by atoms with Crippen LogP contribution in [0.25, 0.3) is 0 Å². The molecule has 1 N–H and O–H groups in total. The minimum atomic E-state index is -0.437. The predicted octanol–water partition coefficient (Wildman–Crippen LogP) is 8.30. The van der Waals surface area contributed by atoms with Gasteiger partial charge in [-0.2, -0.15) is 0 Å². The third kappa shape index (κ3) is 5.17. The van der Waals surface area contributed by atoms with Gasteiger partial charge in [0, 0.05) is 0 Å². The van der Waals surface area contributed by atoms with Gasteiger partial charge in [-0.25, -0.2) is 0 Å². The molecular weight excluding hydrogens is 550 g/mol. The molecule has 24 heavy (non-hydrogen) atoms. The van der Waals surface area contributed by atoms with Crippen LogP contribution in [0.1, 0.15) is 0 Å². The lowest BCUT2D eigenvalue weighted by Gasteiger charge is -2.37. The van der Waals surface area contributed by atoms with Crippen LogP contribution in [0.3, 0.4) is 0 Å². The SMILES string of the molecule is Cl[C@H]1[C@H](Cl)[C@@H](Cl)[C@@H](Cl)[C@H](Cl)[C@H]1Cl.Oc1c(Cl)c(Cl)c(Cl)c(Cl)c1Cl. The number of alkyl halides is 6. The molecule has 0 heterocycles. The van der Waals surface area contributed by atoms with E-state index in [4.69, 9.17) is 128 Å². The van der Waals surface area contributed by atoms with Crippen LogP contribution in [0.2, 0.25) is 25.1 Å². The summed E-state index contributed by atoms with van der Waals surface area (Å²) in [6.45, 7) is 0. The second-order valence-electron chi connectivity index (χ2n) is 4.59. The van der Waals surface area contributed by atoms with E-state index in [0.717, 1.165) is 0 Å². The Labute approximate surface area is 194 Å². The van der Waals surface area contributed by atoms with Gasteiger partial charge in [0.1, 0.15) is 10.0 Å². The molecule has 1 aromatic rings. The highest BCUT2D eigenvalue weighted by molar-refractivity contribution is 6.55. The first-order chi connectivity index (χ1) is 10.9. The fourth-order valence-electron chi connectivity index (χ4n) is 1.65. The van der Waals surface area contributed by atoms with Crippen molar-refractivity contribution in [2.75, 3.05) is 0 Å². The number of hydrogen-bond acceptors (Lipinski definition) is 1. The van der Waals surface area contributed by atoms with Gasteiger partial charge in [-0.3, -0.25) is 0 Å². The van der Waals surface area contributed by atoms with Crippen molar-refractivity contribution in [1.29, 1.82) is 0 Å². The standard InChI is InChI=1S/C6H6Cl6.C6HCl5O/c2*7-1-2(8)4(10)6(12)5(11)3(1)9/h1-6H;12H/t1-,2-,3-,4+,5+,6+;. The van der Waals surface area contributed by atoms with Crippen molar-refractivity contribution < 1.29 is 5.11 Å². The summed E-state index contributed by atoms with van der Waals surface area (Å²) in [5.74, 6) is -0.363. The molecular formula is C12H7Cl11O. The van der Waals surface area contributed by atoms with E-state index < -0.39 is 32.3 Å². The van der Waals surface area contributed by atoms with E-state index in [1.165, 1.54) is 0 Å². The molecule has 2 rings (SSSR count). The first kappa shape index (κ1) is 24.2. The zero-order valence-electron chi connectivity index (χ0n) is 11.1. The van der Waals surface area contributed by atoms with E-state index in [1.54, 1.807) is 0 Å². The summed E-state index contributed by atoms with van der Waals surface area (Å²) in [5, 5.41) is 6.39. The lowest BCUT2D eigenvalue weighted by Crippen LogP contribution is -2.52. The van der Waals surface area contributed by atoms with E-state index in [0.29, 0.717) is 0 Å². The molecule has 0 aromatic heterocycles. The van der Waals surface area contributed by atoms with Crippen molar-refractivity contribution >= 4 is 128 Å². The Morgan fingerprint density at radius 1 is 0.417 bits per heavy atom. The number of aromatic hydroxyl groups is 1. The Hall–Kier alpha value is 2.21. The van der Waals surface area contributed by atoms with Gasteiger partial charge in [0.25, 0.3) is 0 Å². The lowest BCUT2D eigenvalue weighted by atomic mass is 9.97. The van der Waals surface area contributed by atoms with Gasteiger partial charge >= 0.3 is 0 Å². The summed E-state index contributed by atoms with van der Waals surface area (Å²) in [7, 11) is 0. The third-order valence-corrected chi connectivity index (χ3v) is 9.30. The fraction of sp³-hybridized carbons (Fsp3) is 0.500. The van der Waals surface area contributed by atoms with Gasteiger partial charge in [0.2, 0.25) is 0 Å². The van der Waals surface area contributed by atoms with Gasteiger partial charge in [0.05, 0.1) is 47.3 Å². The zero-order chi connectivity index (χ0) is 18.9. The normalized spacial score (nSPS) is 33.0. The molecule has 0 amide bonds. The van der Waals surface area contributed by atoms with Gasteiger partial charge in [-0.05, 0) is 0 Å². The number of phenols is 1. The maximum absolute atomic E-state index is 9.20. The summed E-state index contributed by atoms with van der Waals surface area (Å²) < 4.78 is 0. The molecule has 1 aromatic carbocycles. The monoisotopic (exact) mass is 552 g/mol. The van der Waals surface area contributed by atoms with Crippen LogP contribution in [0.5, 0.6) is 5.75 Å². The quantitative estimate of drug-likeness (QED) is 0.193. The van der Waals surface area contributed by atoms with Crippen LogP contribution in [-0.2, 0) is 0 Å². The van der Waals surface area contributed by atoms with E-state index in [9.17, 15) is 5.11 Å². The summed E-state index contributed by atoms with van der Waals surface area (Å²) in [6, 6.07) is 0. The molecule has 138 valence electrons. The number of rotatable bonds is 0. The van der Waals surface area contributed by atoms with Gasteiger partial charge < -0.3 is 5.11 Å². The minimum Gasteiger partial charge on any atom is -0.505 e. The highest BCUT2D eigenvalue weighted by Crippen LogP contribution is 2.47. The second kappa shape index (κ2) is 10.1. The molecule has 0 unspecified atom stereocenters. The Kier molecular flexibility index (Phi) is 10.2. The van der Waals surface area contributed by atoms with Crippen molar-refractivity contribution in [1.82, 2.24) is 0 Å². The topological polar surface area (TPSA) is 20.2 Å². The Morgan fingerprint density at radius 3 is 0.792 bits per heavy atom. The molecule has 0 spiro atoms. The van der Waals surface area contributed by atoms with E-state index >= 15 is 0 Å². The maximum Gasteiger partial charge on any atom is 0.155 e. The molecule has 1 saturated carbocycles. The molecule has 0 radical (unpaired) electrons. The molecule has 0 aliphatic heterocycles. The molecule has 0 saturated heterocycles. The van der Waals surface area contributed by atoms with Crippen molar-refractivity contribution in [3.05, 3.63) is 25.1 Å². The van der Waals surface area contributed by atoms with Crippen LogP contribution in [-0.4, -0.2) is 37.4 Å². The molecule has 0 bridgehead atoms. The van der Waals surface area contributed by atoms with Crippen molar-refractivity contribution in [3.63, 3.8) is 0 Å². The third-order valence-electron chi connectivity index (χ3n) is 3.01. The molecule has 1 aliphatic rings. The van der Waals surface area contributed by atoms with Crippen LogP contribution >= 0.6 is 128 Å². The number of phenolic OH excluding ortho intramolecular Hbond substituents is 1. The fourth-order valence-corrected chi connectivity index (χ4v) is 5.10. The highest BCUT2D eigenvalue weighted by Gasteiger charge is 2.46. The maximum atomic E-state index is 9.20. The van der Waals surface area contributed by atoms with Crippen molar-refractivity contribution in [2.45, 2.75) is 32.3 Å². The number of hydrogen-bond donors (Lipinski definition) is 1. The smallest absolute Gasteiger partial charge is 0.155 e. The first-order valence-electron chi connectivity index (χ1n) is 5.98. The van der Waals surface area contributed by atoms with E-state index in [1.807, 2.05) is 0 Å². The number of benzene rings is 1. The van der Waals surface area contributed by atoms with Crippen molar-refractivity contribution in [2.24, 2.45) is 0 Å². The Bertz CT molecular complexity index is 431. The average molecular weight is 557 g/mol. The molecule has 1 aliphatic carbocycles. The first-order valence-corrected chi connectivity index (χ1v) is 10.5. The summed E-state index contributed by atoms with van der Waals surface area (Å²) in [5.41, 5.74) is 0. The van der Waals surface area contributed by atoms with Crippen LogP contribution in [0.4, 0.5) is 0 Å². The average Bonchev–Trinajstić information content (AvgIpc) is 2.58. The lowest BCUT2D eigenvalue weighted by molar-refractivity contribution is 0.476. The van der Waals surface area contributed by atoms with Crippen LogP contribution in [0.15, 0.2) is 0 Å². The predicted molar refractivity (Wildman–Crippen MR) is 111 cm³/mol. The van der Waals surface area contributed by atoms with E-state index in [2.05, 4.69) is 0 Å². The zero-order valence-corrected chi connectivity index (χ0v) is 19.4. The van der Waals surface area contributed by atoms with E-state index in [-0.39, 0.29) is 30.9 Å². The minimum absolute atomic E-state index is 0.00904. The summed E-state index contributed by atoms with van der Waals surface area (Å²) in [6.07, 6.45) is 0. The second-order valence-corrected chi connectivity index (χ2v) is 9.50. The van der Waals surface area contributed by atoms with Gasteiger partial charge in [0.15, 0.2) is 5.75 Å². The Balaban J connectivity index is 0.000000240. The van der Waals surface area contributed by atoms with Crippen LogP contribution in [0, 0.1) is 0 Å². The Morgan fingerprint density at radius 2 is 0.583 bits per heavy atom. The number of halogens is 11.